The van der Waals surface area contributed by atoms with Gasteiger partial charge in [-0.3, -0.25) is 4.79 Å². The molecule has 1 fully saturated rings. The van der Waals surface area contributed by atoms with E-state index < -0.39 is 0 Å². The Kier molecular flexibility index (Phi) is 8.50. The van der Waals surface area contributed by atoms with E-state index in [1.807, 2.05) is 24.1 Å². The number of carbonyl (C=O) groups excluding carboxylic acids is 1. The van der Waals surface area contributed by atoms with Gasteiger partial charge in [-0.1, -0.05) is 23.2 Å². The van der Waals surface area contributed by atoms with Gasteiger partial charge in [0.05, 0.1) is 0 Å². The number of nitrogens with one attached hydrogen (secondary N) is 1. The highest BCUT2D eigenvalue weighted by Crippen LogP contribution is 2.19. The van der Waals surface area contributed by atoms with Gasteiger partial charge in [-0.2, -0.15) is 0 Å². The van der Waals surface area contributed by atoms with Gasteiger partial charge in [0.2, 0.25) is 5.91 Å². The van der Waals surface area contributed by atoms with Crippen LogP contribution in [0.25, 0.3) is 0 Å². The topological polar surface area (TPSA) is 35.6 Å². The van der Waals surface area contributed by atoms with Crippen LogP contribution < -0.4 is 5.32 Å². The Morgan fingerprint density at radius 3 is 2.41 bits per heavy atom. The van der Waals surface area contributed by atoms with Crippen LogP contribution in [-0.2, 0) is 11.3 Å². The number of benzene rings is 1. The zero-order valence-electron chi connectivity index (χ0n) is 12.6. The Bertz CT molecular complexity index is 473. The van der Waals surface area contributed by atoms with Crippen molar-refractivity contribution in [1.29, 1.82) is 0 Å². The Morgan fingerprint density at radius 2 is 1.82 bits per heavy atom. The highest BCUT2D eigenvalue weighted by atomic mass is 35.5. The largest absolute Gasteiger partial charge is 0.340 e. The van der Waals surface area contributed by atoms with Crippen molar-refractivity contribution in [2.45, 2.75) is 13.0 Å². The molecular weight excluding hydrogens is 345 g/mol. The van der Waals surface area contributed by atoms with Gasteiger partial charge < -0.3 is 15.1 Å². The number of rotatable bonds is 5. The van der Waals surface area contributed by atoms with Crippen LogP contribution >= 0.6 is 35.6 Å². The summed E-state index contributed by atoms with van der Waals surface area (Å²) in [4.78, 5) is 16.1. The van der Waals surface area contributed by atoms with Crippen molar-refractivity contribution in [2.75, 3.05) is 39.8 Å². The summed E-state index contributed by atoms with van der Waals surface area (Å²) < 4.78 is 0. The number of piperazine rings is 1. The Morgan fingerprint density at radius 1 is 1.23 bits per heavy atom. The molecule has 1 N–H and O–H groups in total. The van der Waals surface area contributed by atoms with Crippen LogP contribution in [0.3, 0.4) is 0 Å². The molecule has 7 heteroatoms. The van der Waals surface area contributed by atoms with E-state index in [0.717, 1.165) is 44.8 Å². The second-order valence-corrected chi connectivity index (χ2v) is 6.27. The van der Waals surface area contributed by atoms with E-state index in [0.29, 0.717) is 16.5 Å². The predicted molar refractivity (Wildman–Crippen MR) is 94.1 cm³/mol. The first-order valence-corrected chi connectivity index (χ1v) is 7.92. The zero-order chi connectivity index (χ0) is 15.2. The average molecular weight is 367 g/mol. The molecule has 1 aliphatic heterocycles. The number of nitrogens with zero attached hydrogens (tertiary/aromatic N) is 2. The third-order valence-corrected chi connectivity index (χ3v) is 3.99. The first-order valence-electron chi connectivity index (χ1n) is 7.16. The fourth-order valence-corrected chi connectivity index (χ4v) is 3.02. The second kappa shape index (κ2) is 9.58. The maximum Gasteiger partial charge on any atom is 0.223 e. The van der Waals surface area contributed by atoms with E-state index in [1.54, 1.807) is 6.07 Å². The van der Waals surface area contributed by atoms with Crippen LogP contribution in [0.2, 0.25) is 10.0 Å². The molecular formula is C15H22Cl3N3O. The van der Waals surface area contributed by atoms with Gasteiger partial charge >= 0.3 is 0 Å². The molecule has 0 bridgehead atoms. The molecule has 0 aromatic heterocycles. The maximum absolute atomic E-state index is 12.1. The van der Waals surface area contributed by atoms with Crippen LogP contribution in [-0.4, -0.2) is 55.5 Å². The fourth-order valence-electron chi connectivity index (χ4n) is 2.45. The first kappa shape index (κ1) is 19.5. The molecule has 0 radical (unpaired) electrons. The summed E-state index contributed by atoms with van der Waals surface area (Å²) >= 11 is 12.0. The second-order valence-electron chi connectivity index (χ2n) is 5.40. The summed E-state index contributed by atoms with van der Waals surface area (Å²) in [5.74, 6) is 0.229. The van der Waals surface area contributed by atoms with Crippen LogP contribution in [0.5, 0.6) is 0 Å². The van der Waals surface area contributed by atoms with Gasteiger partial charge in [0.1, 0.15) is 0 Å². The smallest absolute Gasteiger partial charge is 0.223 e. The summed E-state index contributed by atoms with van der Waals surface area (Å²) in [6.45, 7) is 4.87. The van der Waals surface area contributed by atoms with Crippen molar-refractivity contribution < 1.29 is 4.79 Å². The summed E-state index contributed by atoms with van der Waals surface area (Å²) in [6, 6.07) is 5.53. The van der Waals surface area contributed by atoms with Gasteiger partial charge in [-0.25, -0.2) is 0 Å². The summed E-state index contributed by atoms with van der Waals surface area (Å²) in [6.07, 6.45) is 0.546. The summed E-state index contributed by atoms with van der Waals surface area (Å²) in [7, 11) is 2.00. The monoisotopic (exact) mass is 365 g/mol. The average Bonchev–Trinajstić information content (AvgIpc) is 2.44. The molecule has 22 heavy (non-hydrogen) atoms. The lowest BCUT2D eigenvalue weighted by atomic mass is 10.2. The zero-order valence-corrected chi connectivity index (χ0v) is 15.0. The molecule has 0 aliphatic carbocycles. The standard InChI is InChI=1S/C15H21Cl2N3O.ClH/c1-19(11-12-8-13(16)10-14(17)9-12)5-2-15(21)20-6-3-18-4-7-20;/h8-10,18H,2-7,11H2,1H3;1H. The van der Waals surface area contributed by atoms with Crippen LogP contribution in [0, 0.1) is 0 Å². The summed E-state index contributed by atoms with van der Waals surface area (Å²) in [5, 5.41) is 4.53. The van der Waals surface area contributed by atoms with Crippen molar-refractivity contribution >= 4 is 41.5 Å². The van der Waals surface area contributed by atoms with E-state index >= 15 is 0 Å². The normalized spacial score (nSPS) is 14.8. The van der Waals surface area contributed by atoms with Crippen molar-refractivity contribution in [3.8, 4) is 0 Å². The fraction of sp³-hybridized carbons (Fsp3) is 0.533. The lowest BCUT2D eigenvalue weighted by Gasteiger charge is -2.28. The van der Waals surface area contributed by atoms with Crippen LogP contribution in [0.4, 0.5) is 0 Å². The number of amides is 1. The highest BCUT2D eigenvalue weighted by Gasteiger charge is 2.16. The molecule has 0 unspecified atom stereocenters. The van der Waals surface area contributed by atoms with Crippen LogP contribution in [0.1, 0.15) is 12.0 Å². The van der Waals surface area contributed by atoms with Gasteiger partial charge in [0, 0.05) is 55.7 Å². The number of hydrogen-bond donors (Lipinski definition) is 1. The lowest BCUT2D eigenvalue weighted by Crippen LogP contribution is -2.47. The maximum atomic E-state index is 12.1. The third kappa shape index (κ3) is 6.31. The molecule has 1 aliphatic rings. The molecule has 4 nitrogen and oxygen atoms in total. The Hall–Kier alpha value is -0.520. The molecule has 124 valence electrons. The van der Waals surface area contributed by atoms with Crippen LogP contribution in [0.15, 0.2) is 18.2 Å². The molecule has 0 saturated carbocycles. The minimum Gasteiger partial charge on any atom is -0.340 e. The molecule has 1 aromatic rings. The minimum atomic E-state index is 0. The van der Waals surface area contributed by atoms with Crippen molar-refractivity contribution in [1.82, 2.24) is 15.1 Å². The van der Waals surface area contributed by atoms with Crippen molar-refractivity contribution in [3.05, 3.63) is 33.8 Å². The van der Waals surface area contributed by atoms with E-state index in [1.165, 1.54) is 0 Å². The number of carbonyl (C=O) groups is 1. The van der Waals surface area contributed by atoms with Gasteiger partial charge in [-0.05, 0) is 30.8 Å². The van der Waals surface area contributed by atoms with E-state index in [-0.39, 0.29) is 18.3 Å². The predicted octanol–water partition coefficient (Wildman–Crippen LogP) is 2.67. The number of hydrogen-bond acceptors (Lipinski definition) is 3. The quantitative estimate of drug-likeness (QED) is 0.870. The van der Waals surface area contributed by atoms with Gasteiger partial charge in [-0.15, -0.1) is 12.4 Å². The molecule has 1 heterocycles. The first-order chi connectivity index (χ1) is 10.0. The molecule has 2 rings (SSSR count). The van der Waals surface area contributed by atoms with Crippen molar-refractivity contribution in [2.24, 2.45) is 0 Å². The van der Waals surface area contributed by atoms with E-state index in [4.69, 9.17) is 23.2 Å². The van der Waals surface area contributed by atoms with Crippen molar-refractivity contribution in [3.63, 3.8) is 0 Å². The minimum absolute atomic E-state index is 0. The van der Waals surface area contributed by atoms with Gasteiger partial charge in [0.15, 0.2) is 0 Å². The Balaban J connectivity index is 0.00000242. The Labute approximate surface area is 148 Å². The third-order valence-electron chi connectivity index (χ3n) is 3.55. The lowest BCUT2D eigenvalue weighted by molar-refractivity contribution is -0.132. The molecule has 0 atom stereocenters. The molecule has 1 aromatic carbocycles. The molecule has 0 spiro atoms. The van der Waals surface area contributed by atoms with E-state index in [2.05, 4.69) is 10.2 Å². The molecule has 1 amide bonds. The highest BCUT2D eigenvalue weighted by molar-refractivity contribution is 6.34. The number of halogens is 3. The summed E-state index contributed by atoms with van der Waals surface area (Å²) in [5.41, 5.74) is 1.06. The van der Waals surface area contributed by atoms with Gasteiger partial charge in [0.25, 0.3) is 0 Å². The van der Waals surface area contributed by atoms with E-state index in [9.17, 15) is 4.79 Å². The molecule has 1 saturated heterocycles. The SMILES string of the molecule is CN(CCC(=O)N1CCNCC1)Cc1cc(Cl)cc(Cl)c1.Cl.